The van der Waals surface area contributed by atoms with Gasteiger partial charge in [0.25, 0.3) is 0 Å². The van der Waals surface area contributed by atoms with Gasteiger partial charge in [-0.25, -0.2) is 0 Å². The standard InChI is InChI=1S/C5H2BF3S/c6-4-2-1-3(10-4)5(7,8)9/h1-2H. The molecule has 0 nitrogen and oxygen atoms in total. The van der Waals surface area contributed by atoms with E-state index in [4.69, 9.17) is 7.85 Å². The van der Waals surface area contributed by atoms with E-state index in [-0.39, 0.29) is 4.78 Å². The molecule has 2 radical (unpaired) electrons. The Bertz CT molecular complexity index is 227. The molecule has 1 rings (SSSR count). The van der Waals surface area contributed by atoms with Crippen LogP contribution < -0.4 is 4.78 Å². The van der Waals surface area contributed by atoms with Crippen molar-refractivity contribution in [3.05, 3.63) is 17.0 Å². The molecule has 0 amide bonds. The molecule has 5 heteroatoms. The molecule has 0 aliphatic carbocycles. The van der Waals surface area contributed by atoms with E-state index in [1.807, 2.05) is 0 Å². The Balaban J connectivity index is 2.96. The predicted molar refractivity (Wildman–Crippen MR) is 34.7 cm³/mol. The Kier molecular flexibility index (Phi) is 1.77. The van der Waals surface area contributed by atoms with Crippen LogP contribution in [-0.2, 0) is 6.18 Å². The van der Waals surface area contributed by atoms with Crippen LogP contribution in [0, 0.1) is 0 Å². The van der Waals surface area contributed by atoms with Gasteiger partial charge in [0.15, 0.2) is 0 Å². The second-order valence-corrected chi connectivity index (χ2v) is 2.82. The molecule has 1 aromatic heterocycles. The maximum absolute atomic E-state index is 11.8. The molecule has 0 fully saturated rings. The highest BCUT2D eigenvalue weighted by atomic mass is 32.1. The first kappa shape index (κ1) is 7.66. The zero-order chi connectivity index (χ0) is 7.78. The first-order valence-electron chi connectivity index (χ1n) is 2.42. The second kappa shape index (κ2) is 2.30. The lowest BCUT2D eigenvalue weighted by Crippen LogP contribution is -2.01. The van der Waals surface area contributed by atoms with Crippen molar-refractivity contribution < 1.29 is 13.2 Å². The quantitative estimate of drug-likeness (QED) is 0.507. The van der Waals surface area contributed by atoms with E-state index in [9.17, 15) is 13.2 Å². The molecule has 10 heavy (non-hydrogen) atoms. The van der Waals surface area contributed by atoms with E-state index < -0.39 is 11.1 Å². The molecule has 1 aromatic rings. The molecule has 1 heterocycles. The summed E-state index contributed by atoms with van der Waals surface area (Å²) in [4.78, 5) is -0.648. The normalized spacial score (nSPS) is 11.9. The van der Waals surface area contributed by atoms with Gasteiger partial charge in [0, 0.05) is 0 Å². The molecule has 0 aliphatic heterocycles. The maximum atomic E-state index is 11.8. The van der Waals surface area contributed by atoms with E-state index >= 15 is 0 Å². The van der Waals surface area contributed by atoms with Crippen molar-refractivity contribution in [3.63, 3.8) is 0 Å². The molecule has 52 valence electrons. The smallest absolute Gasteiger partial charge is 0.165 e. The molecular formula is C5H2BF3S. The third kappa shape index (κ3) is 1.53. The zero-order valence-corrected chi connectivity index (χ0v) is 5.59. The van der Waals surface area contributed by atoms with Crippen molar-refractivity contribution in [2.75, 3.05) is 0 Å². The van der Waals surface area contributed by atoms with Crippen LogP contribution >= 0.6 is 11.3 Å². The van der Waals surface area contributed by atoms with Gasteiger partial charge >= 0.3 is 6.18 Å². The van der Waals surface area contributed by atoms with Gasteiger partial charge in [0.2, 0.25) is 0 Å². The van der Waals surface area contributed by atoms with Gasteiger partial charge in [0.1, 0.15) is 12.7 Å². The summed E-state index contributed by atoms with van der Waals surface area (Å²) in [6.07, 6.45) is -4.25. The number of rotatable bonds is 0. The predicted octanol–water partition coefficient (Wildman–Crippen LogP) is 1.56. The summed E-state index contributed by atoms with van der Waals surface area (Å²) in [6.45, 7) is 0. The highest BCUT2D eigenvalue weighted by molar-refractivity contribution is 7.20. The Morgan fingerprint density at radius 1 is 1.30 bits per heavy atom. The summed E-state index contributed by atoms with van der Waals surface area (Å²) in [5.41, 5.74) is 0. The average molecular weight is 162 g/mol. The van der Waals surface area contributed by atoms with Crippen LogP contribution in [0.25, 0.3) is 0 Å². The highest BCUT2D eigenvalue weighted by Crippen LogP contribution is 2.31. The molecule has 0 aliphatic rings. The number of hydrogen-bond donors (Lipinski definition) is 0. The molecule has 0 spiro atoms. The van der Waals surface area contributed by atoms with Gasteiger partial charge in [-0.2, -0.15) is 13.2 Å². The summed E-state index contributed by atoms with van der Waals surface area (Å²) in [7, 11) is 5.09. The lowest BCUT2D eigenvalue weighted by molar-refractivity contribution is -0.134. The summed E-state index contributed by atoms with van der Waals surface area (Å²) >= 11 is 0.547. The number of hydrogen-bond acceptors (Lipinski definition) is 1. The minimum atomic E-state index is -4.25. The fraction of sp³-hybridized carbons (Fsp3) is 0.200. The van der Waals surface area contributed by atoms with Crippen LogP contribution in [0.4, 0.5) is 13.2 Å². The monoisotopic (exact) mass is 162 g/mol. The minimum absolute atomic E-state index is 0.187. The van der Waals surface area contributed by atoms with Gasteiger partial charge in [-0.1, -0.05) is 6.07 Å². The third-order valence-electron chi connectivity index (χ3n) is 0.906. The summed E-state index contributed by atoms with van der Waals surface area (Å²) in [5, 5.41) is 0. The molecule has 0 N–H and O–H groups in total. The Labute approximate surface area is 61.1 Å². The highest BCUT2D eigenvalue weighted by Gasteiger charge is 2.31. The van der Waals surface area contributed by atoms with E-state index in [0.717, 1.165) is 6.07 Å². The van der Waals surface area contributed by atoms with Crippen molar-refractivity contribution in [2.45, 2.75) is 6.18 Å². The van der Waals surface area contributed by atoms with Crippen LogP contribution in [0.15, 0.2) is 12.1 Å². The minimum Gasteiger partial charge on any atom is -0.165 e. The topological polar surface area (TPSA) is 0 Å². The first-order valence-corrected chi connectivity index (χ1v) is 3.24. The molecule has 0 unspecified atom stereocenters. The van der Waals surface area contributed by atoms with Crippen molar-refractivity contribution in [2.24, 2.45) is 0 Å². The molecular weight excluding hydrogens is 160 g/mol. The number of thiophene rings is 1. The zero-order valence-electron chi connectivity index (χ0n) is 4.77. The largest absolute Gasteiger partial charge is 0.425 e. The Hall–Kier alpha value is -0.445. The van der Waals surface area contributed by atoms with Gasteiger partial charge in [0.05, 0.1) is 0 Å². The fourth-order valence-electron chi connectivity index (χ4n) is 0.505. The van der Waals surface area contributed by atoms with Crippen LogP contribution in [0.3, 0.4) is 0 Å². The average Bonchev–Trinajstić information content (AvgIpc) is 2.11. The van der Waals surface area contributed by atoms with E-state index in [1.54, 1.807) is 0 Å². The summed E-state index contributed by atoms with van der Waals surface area (Å²) in [5.74, 6) is 0. The van der Waals surface area contributed by atoms with Crippen molar-refractivity contribution in [1.82, 2.24) is 0 Å². The van der Waals surface area contributed by atoms with Crippen LogP contribution in [-0.4, -0.2) is 7.85 Å². The van der Waals surface area contributed by atoms with E-state index in [0.29, 0.717) is 11.3 Å². The Morgan fingerprint density at radius 2 is 1.90 bits per heavy atom. The van der Waals surface area contributed by atoms with Gasteiger partial charge in [-0.15, -0.1) is 11.3 Å². The van der Waals surface area contributed by atoms with Crippen LogP contribution in [0.2, 0.25) is 0 Å². The molecule has 0 saturated heterocycles. The second-order valence-electron chi connectivity index (χ2n) is 1.70. The lowest BCUT2D eigenvalue weighted by Gasteiger charge is -1.99. The van der Waals surface area contributed by atoms with Gasteiger partial charge < -0.3 is 0 Å². The van der Waals surface area contributed by atoms with E-state index in [2.05, 4.69) is 0 Å². The van der Waals surface area contributed by atoms with Crippen molar-refractivity contribution in [1.29, 1.82) is 0 Å². The summed E-state index contributed by atoms with van der Waals surface area (Å²) in [6, 6.07) is 2.22. The fourth-order valence-corrected chi connectivity index (χ4v) is 1.15. The Morgan fingerprint density at radius 3 is 2.10 bits per heavy atom. The molecule has 0 bridgehead atoms. The first-order chi connectivity index (χ1) is 4.50. The van der Waals surface area contributed by atoms with Crippen molar-refractivity contribution >= 4 is 24.0 Å². The molecule has 0 aromatic carbocycles. The number of halogens is 3. The maximum Gasteiger partial charge on any atom is 0.425 e. The van der Waals surface area contributed by atoms with Gasteiger partial charge in [-0.05, 0) is 10.8 Å². The molecule has 0 atom stereocenters. The van der Waals surface area contributed by atoms with Crippen LogP contribution in [0.1, 0.15) is 4.88 Å². The van der Waals surface area contributed by atoms with Crippen LogP contribution in [0.5, 0.6) is 0 Å². The lowest BCUT2D eigenvalue weighted by atomic mass is 10.1. The number of alkyl halides is 3. The third-order valence-corrected chi connectivity index (χ3v) is 1.87. The SMILES string of the molecule is [B]c1ccc(C(F)(F)F)s1. The molecule has 0 saturated carbocycles. The van der Waals surface area contributed by atoms with E-state index in [1.165, 1.54) is 6.07 Å². The summed E-state index contributed by atoms with van der Waals surface area (Å²) < 4.78 is 35.5. The van der Waals surface area contributed by atoms with Crippen molar-refractivity contribution in [3.8, 4) is 0 Å². The van der Waals surface area contributed by atoms with Gasteiger partial charge in [-0.3, -0.25) is 0 Å².